The molecule has 7 nitrogen and oxygen atoms in total. The molecule has 2 rings (SSSR count). The Bertz CT molecular complexity index is 799. The van der Waals surface area contributed by atoms with Crippen LogP contribution in [0, 0.1) is 10.1 Å². The smallest absolute Gasteiger partial charge is 0.293 e. The van der Waals surface area contributed by atoms with Crippen LogP contribution in [0.2, 0.25) is 10.0 Å². The number of ether oxygens (including phenoxy) is 1. The molecule has 0 unspecified atom stereocenters. The van der Waals surface area contributed by atoms with E-state index in [1.54, 1.807) is 12.1 Å². The first-order chi connectivity index (χ1) is 11.9. The Morgan fingerprint density at radius 3 is 2.64 bits per heavy atom. The topological polar surface area (TPSA) is 93.5 Å². The van der Waals surface area contributed by atoms with Gasteiger partial charge in [-0.25, -0.2) is 0 Å². The van der Waals surface area contributed by atoms with Crippen LogP contribution in [0.25, 0.3) is 0 Å². The SMILES string of the molecule is CCNCC(=O)Nc1cc(Oc2ccc(Cl)cc2Cl)ccc1[N+](=O)[O-]. The quantitative estimate of drug-likeness (QED) is 0.550. The molecule has 132 valence electrons. The van der Waals surface area contributed by atoms with E-state index in [9.17, 15) is 14.9 Å². The largest absolute Gasteiger partial charge is 0.456 e. The molecule has 2 N–H and O–H groups in total. The number of anilines is 1. The van der Waals surface area contributed by atoms with E-state index in [-0.39, 0.29) is 23.7 Å². The number of likely N-dealkylation sites (N-methyl/N-ethyl adjacent to an activating group) is 1. The molecule has 2 aromatic carbocycles. The number of nitro groups is 1. The number of carbonyl (C=O) groups is 1. The number of nitro benzene ring substituents is 1. The average Bonchev–Trinajstić information content (AvgIpc) is 2.55. The van der Waals surface area contributed by atoms with E-state index in [0.29, 0.717) is 22.3 Å². The lowest BCUT2D eigenvalue weighted by Crippen LogP contribution is -2.28. The lowest BCUT2D eigenvalue weighted by atomic mass is 10.2. The fourth-order valence-electron chi connectivity index (χ4n) is 1.96. The van der Waals surface area contributed by atoms with E-state index in [2.05, 4.69) is 10.6 Å². The van der Waals surface area contributed by atoms with Crippen molar-refractivity contribution >= 4 is 40.5 Å². The minimum absolute atomic E-state index is 0.0375. The summed E-state index contributed by atoms with van der Waals surface area (Å²) in [6, 6.07) is 8.74. The van der Waals surface area contributed by atoms with Gasteiger partial charge in [-0.05, 0) is 30.8 Å². The van der Waals surface area contributed by atoms with Crippen LogP contribution in [0.5, 0.6) is 11.5 Å². The molecule has 0 saturated heterocycles. The third-order valence-electron chi connectivity index (χ3n) is 3.10. The van der Waals surface area contributed by atoms with Crippen molar-refractivity contribution in [2.24, 2.45) is 0 Å². The minimum Gasteiger partial charge on any atom is -0.456 e. The highest BCUT2D eigenvalue weighted by atomic mass is 35.5. The van der Waals surface area contributed by atoms with E-state index in [4.69, 9.17) is 27.9 Å². The van der Waals surface area contributed by atoms with Gasteiger partial charge >= 0.3 is 0 Å². The number of nitrogens with one attached hydrogen (secondary N) is 2. The molecule has 0 saturated carbocycles. The van der Waals surface area contributed by atoms with Gasteiger partial charge in [0.25, 0.3) is 5.69 Å². The first kappa shape index (κ1) is 19.0. The fourth-order valence-corrected chi connectivity index (χ4v) is 2.40. The minimum atomic E-state index is -0.581. The number of hydrogen-bond donors (Lipinski definition) is 2. The zero-order valence-corrected chi connectivity index (χ0v) is 14.7. The summed E-state index contributed by atoms with van der Waals surface area (Å²) in [5.74, 6) is 0.227. The highest BCUT2D eigenvalue weighted by molar-refractivity contribution is 6.35. The summed E-state index contributed by atoms with van der Waals surface area (Å²) in [7, 11) is 0. The molecule has 0 aromatic heterocycles. The fraction of sp³-hybridized carbons (Fsp3) is 0.188. The molecule has 0 radical (unpaired) electrons. The van der Waals surface area contributed by atoms with Crippen molar-refractivity contribution in [2.75, 3.05) is 18.4 Å². The Morgan fingerprint density at radius 2 is 2.00 bits per heavy atom. The summed E-state index contributed by atoms with van der Waals surface area (Å²) in [6.07, 6.45) is 0. The van der Waals surface area contributed by atoms with Gasteiger partial charge in [0.05, 0.1) is 16.5 Å². The molecule has 0 aliphatic rings. The van der Waals surface area contributed by atoms with E-state index >= 15 is 0 Å². The summed E-state index contributed by atoms with van der Waals surface area (Å²) >= 11 is 11.9. The highest BCUT2D eigenvalue weighted by Gasteiger charge is 2.17. The first-order valence-corrected chi connectivity index (χ1v) is 8.08. The Balaban J connectivity index is 2.26. The van der Waals surface area contributed by atoms with Gasteiger partial charge in [-0.2, -0.15) is 0 Å². The Labute approximate surface area is 154 Å². The normalized spacial score (nSPS) is 10.4. The van der Waals surface area contributed by atoms with E-state index in [1.165, 1.54) is 24.3 Å². The monoisotopic (exact) mass is 383 g/mol. The summed E-state index contributed by atoms with van der Waals surface area (Å²) < 4.78 is 5.62. The van der Waals surface area contributed by atoms with Crippen LogP contribution < -0.4 is 15.4 Å². The number of halogens is 2. The second kappa shape index (κ2) is 8.66. The number of amides is 1. The van der Waals surface area contributed by atoms with Crippen LogP contribution in [-0.2, 0) is 4.79 Å². The number of hydrogen-bond acceptors (Lipinski definition) is 5. The maximum Gasteiger partial charge on any atom is 0.293 e. The summed E-state index contributed by atoms with van der Waals surface area (Å²) in [5, 5.41) is 17.2. The number of benzene rings is 2. The van der Waals surface area contributed by atoms with Gasteiger partial charge in [0, 0.05) is 17.2 Å². The Hall–Kier alpha value is -2.35. The lowest BCUT2D eigenvalue weighted by Gasteiger charge is -2.11. The Morgan fingerprint density at radius 1 is 1.24 bits per heavy atom. The van der Waals surface area contributed by atoms with Gasteiger partial charge in [0.15, 0.2) is 0 Å². The van der Waals surface area contributed by atoms with E-state index < -0.39 is 10.8 Å². The van der Waals surface area contributed by atoms with Crippen LogP contribution in [0.4, 0.5) is 11.4 Å². The van der Waals surface area contributed by atoms with Gasteiger partial charge in [-0.1, -0.05) is 30.1 Å². The second-order valence-corrected chi connectivity index (χ2v) is 5.79. The molecular weight excluding hydrogens is 369 g/mol. The zero-order chi connectivity index (χ0) is 18.4. The second-order valence-electron chi connectivity index (χ2n) is 4.94. The maximum absolute atomic E-state index is 11.8. The van der Waals surface area contributed by atoms with Crippen LogP contribution in [0.1, 0.15) is 6.92 Å². The molecule has 0 aliphatic heterocycles. The number of carbonyl (C=O) groups excluding carboxylic acids is 1. The Kier molecular flexibility index (Phi) is 6.58. The van der Waals surface area contributed by atoms with Gasteiger partial charge in [-0.15, -0.1) is 0 Å². The lowest BCUT2D eigenvalue weighted by molar-refractivity contribution is -0.383. The molecule has 0 heterocycles. The average molecular weight is 384 g/mol. The van der Waals surface area contributed by atoms with Crippen molar-refractivity contribution in [3.8, 4) is 11.5 Å². The number of rotatable bonds is 7. The van der Waals surface area contributed by atoms with E-state index in [0.717, 1.165) is 0 Å². The number of nitrogens with zero attached hydrogens (tertiary/aromatic N) is 1. The van der Waals surface area contributed by atoms with Crippen LogP contribution in [0.3, 0.4) is 0 Å². The van der Waals surface area contributed by atoms with Crippen molar-refractivity contribution in [3.63, 3.8) is 0 Å². The molecule has 25 heavy (non-hydrogen) atoms. The highest BCUT2D eigenvalue weighted by Crippen LogP contribution is 2.35. The summed E-state index contributed by atoms with van der Waals surface area (Å²) in [6.45, 7) is 2.50. The van der Waals surface area contributed by atoms with E-state index in [1.807, 2.05) is 6.92 Å². The molecule has 2 aromatic rings. The van der Waals surface area contributed by atoms with Crippen molar-refractivity contribution in [2.45, 2.75) is 6.92 Å². The molecule has 1 amide bonds. The molecule has 0 aliphatic carbocycles. The van der Waals surface area contributed by atoms with Crippen LogP contribution in [-0.4, -0.2) is 23.9 Å². The molecular formula is C16H15Cl2N3O4. The summed E-state index contributed by atoms with van der Waals surface area (Å²) in [5.41, 5.74) is -0.199. The van der Waals surface area contributed by atoms with Crippen LogP contribution >= 0.6 is 23.2 Å². The third-order valence-corrected chi connectivity index (χ3v) is 3.63. The predicted octanol–water partition coefficient (Wildman–Crippen LogP) is 4.24. The van der Waals surface area contributed by atoms with Crippen molar-refractivity contribution in [1.82, 2.24) is 5.32 Å². The molecule has 0 bridgehead atoms. The molecule has 0 spiro atoms. The van der Waals surface area contributed by atoms with Gasteiger partial charge in [0.2, 0.25) is 5.91 Å². The molecule has 0 atom stereocenters. The molecule has 0 fully saturated rings. The van der Waals surface area contributed by atoms with Crippen LogP contribution in [0.15, 0.2) is 36.4 Å². The predicted molar refractivity (Wildman–Crippen MR) is 96.8 cm³/mol. The van der Waals surface area contributed by atoms with Crippen molar-refractivity contribution in [3.05, 3.63) is 56.6 Å². The van der Waals surface area contributed by atoms with Gasteiger partial charge in [0.1, 0.15) is 17.2 Å². The summed E-state index contributed by atoms with van der Waals surface area (Å²) in [4.78, 5) is 22.4. The van der Waals surface area contributed by atoms with Gasteiger partial charge < -0.3 is 15.4 Å². The molecule has 9 heteroatoms. The van der Waals surface area contributed by atoms with Crippen molar-refractivity contribution in [1.29, 1.82) is 0 Å². The zero-order valence-electron chi connectivity index (χ0n) is 13.2. The first-order valence-electron chi connectivity index (χ1n) is 7.32. The standard InChI is InChI=1S/C16H15Cl2N3O4/c1-2-19-9-16(22)20-13-8-11(4-5-14(13)21(23)24)25-15-6-3-10(17)7-12(15)18/h3-8,19H,2,9H2,1H3,(H,20,22). The van der Waals surface area contributed by atoms with Crippen molar-refractivity contribution < 1.29 is 14.5 Å². The maximum atomic E-state index is 11.8. The third kappa shape index (κ3) is 5.32. The van der Waals surface area contributed by atoms with Gasteiger partial charge in [-0.3, -0.25) is 14.9 Å².